The number of halogens is 1. The average Bonchev–Trinajstić information content (AvgIpc) is 3.35. The van der Waals surface area contributed by atoms with Crippen LogP contribution >= 0.6 is 24.0 Å². The fourth-order valence-corrected chi connectivity index (χ4v) is 2.97. The summed E-state index contributed by atoms with van der Waals surface area (Å²) in [6.07, 6.45) is 5.65. The first-order chi connectivity index (χ1) is 13.4. The van der Waals surface area contributed by atoms with Gasteiger partial charge in [-0.05, 0) is 36.1 Å². The summed E-state index contributed by atoms with van der Waals surface area (Å²) >= 11 is 0. The lowest BCUT2D eigenvalue weighted by molar-refractivity contribution is 0.203. The number of aryl methyl sites for hydroxylation is 1. The molecule has 6 nitrogen and oxygen atoms in total. The topological polar surface area (TPSA) is 63.7 Å². The molecule has 0 aliphatic carbocycles. The zero-order chi connectivity index (χ0) is 18.7. The first-order valence-electron chi connectivity index (χ1n) is 9.44. The van der Waals surface area contributed by atoms with E-state index >= 15 is 0 Å². The number of fused-ring (bicyclic) bond motifs is 1. The highest BCUT2D eigenvalue weighted by molar-refractivity contribution is 14.0. The van der Waals surface area contributed by atoms with Gasteiger partial charge in [0.05, 0.1) is 12.9 Å². The molecule has 3 aromatic rings. The van der Waals surface area contributed by atoms with Gasteiger partial charge in [-0.1, -0.05) is 18.2 Å². The lowest BCUT2D eigenvalue weighted by Gasteiger charge is -2.12. The molecule has 0 aliphatic heterocycles. The third kappa shape index (κ3) is 6.87. The average molecular weight is 496 g/mol. The Hall–Kier alpha value is -2.00. The van der Waals surface area contributed by atoms with Crippen LogP contribution in [0.4, 0.5) is 0 Å². The monoisotopic (exact) mass is 496 g/mol. The third-order valence-corrected chi connectivity index (χ3v) is 4.35. The normalized spacial score (nSPS) is 11.4. The Kier molecular flexibility index (Phi) is 9.92. The van der Waals surface area contributed by atoms with E-state index in [1.807, 2.05) is 12.1 Å². The van der Waals surface area contributed by atoms with Crippen molar-refractivity contribution >= 4 is 40.8 Å². The van der Waals surface area contributed by atoms with Crippen LogP contribution in [0.15, 0.2) is 64.3 Å². The third-order valence-electron chi connectivity index (χ3n) is 4.35. The van der Waals surface area contributed by atoms with Crippen molar-refractivity contribution in [1.82, 2.24) is 15.2 Å². The highest BCUT2D eigenvalue weighted by Crippen LogP contribution is 2.15. The second-order valence-corrected chi connectivity index (χ2v) is 6.33. The zero-order valence-electron chi connectivity index (χ0n) is 16.3. The predicted molar refractivity (Wildman–Crippen MR) is 125 cm³/mol. The Bertz CT molecular complexity index is 830. The van der Waals surface area contributed by atoms with E-state index in [0.717, 1.165) is 50.7 Å². The maximum Gasteiger partial charge on any atom is 0.191 e. The number of ether oxygens (including phenoxy) is 1. The van der Waals surface area contributed by atoms with E-state index in [1.54, 1.807) is 13.4 Å². The van der Waals surface area contributed by atoms with E-state index in [2.05, 4.69) is 56.7 Å². The molecular weight excluding hydrogens is 467 g/mol. The number of nitrogens with one attached hydrogen (secondary N) is 2. The Balaban J connectivity index is 0.00000280. The van der Waals surface area contributed by atoms with Crippen LogP contribution in [0, 0.1) is 0 Å². The number of hydrogen-bond acceptors (Lipinski definition) is 3. The van der Waals surface area contributed by atoms with Gasteiger partial charge in [0.2, 0.25) is 0 Å². The van der Waals surface area contributed by atoms with Gasteiger partial charge in [0.25, 0.3) is 0 Å². The van der Waals surface area contributed by atoms with Crippen molar-refractivity contribution in [3.8, 4) is 0 Å². The van der Waals surface area contributed by atoms with Crippen LogP contribution in [0.25, 0.3) is 10.9 Å². The number of furan rings is 1. The first-order valence-corrected chi connectivity index (χ1v) is 9.44. The highest BCUT2D eigenvalue weighted by atomic mass is 127. The maximum atomic E-state index is 5.37. The summed E-state index contributed by atoms with van der Waals surface area (Å²) < 4.78 is 12.8. The zero-order valence-corrected chi connectivity index (χ0v) is 18.6. The number of methoxy groups -OCH3 is 1. The molecule has 0 bridgehead atoms. The number of rotatable bonds is 10. The molecule has 28 heavy (non-hydrogen) atoms. The summed E-state index contributed by atoms with van der Waals surface area (Å²) in [7, 11) is 1.70. The summed E-state index contributed by atoms with van der Waals surface area (Å²) in [4.78, 5) is 4.69. The van der Waals surface area contributed by atoms with Crippen LogP contribution in [0.3, 0.4) is 0 Å². The quantitative estimate of drug-likeness (QED) is 0.195. The Morgan fingerprint density at radius 1 is 1.11 bits per heavy atom. The number of benzene rings is 1. The molecular formula is C21H29IN4O2. The van der Waals surface area contributed by atoms with E-state index in [-0.39, 0.29) is 24.0 Å². The minimum Gasteiger partial charge on any atom is -0.469 e. The molecule has 2 N–H and O–H groups in total. The number of guanidine groups is 1. The summed E-state index contributed by atoms with van der Waals surface area (Å²) in [6.45, 7) is 3.86. The van der Waals surface area contributed by atoms with E-state index < -0.39 is 0 Å². The molecule has 2 aromatic heterocycles. The number of nitrogens with zero attached hydrogens (tertiary/aromatic N) is 2. The van der Waals surface area contributed by atoms with Gasteiger partial charge in [0.1, 0.15) is 5.76 Å². The fraction of sp³-hybridized carbons (Fsp3) is 0.381. The van der Waals surface area contributed by atoms with Crippen molar-refractivity contribution in [2.75, 3.05) is 33.4 Å². The summed E-state index contributed by atoms with van der Waals surface area (Å²) in [6, 6.07) is 14.5. The summed E-state index contributed by atoms with van der Waals surface area (Å²) in [5.74, 6) is 1.79. The molecule has 0 fully saturated rings. The van der Waals surface area contributed by atoms with Crippen LogP contribution in [0.5, 0.6) is 0 Å². The minimum atomic E-state index is 0. The smallest absolute Gasteiger partial charge is 0.191 e. The highest BCUT2D eigenvalue weighted by Gasteiger charge is 2.02. The lowest BCUT2D eigenvalue weighted by atomic mass is 10.2. The molecule has 0 atom stereocenters. The summed E-state index contributed by atoms with van der Waals surface area (Å²) in [5, 5.41) is 7.94. The molecule has 0 saturated heterocycles. The molecule has 7 heteroatoms. The number of aromatic nitrogens is 1. The standard InChI is InChI=1S/C21H28N4O2.HI/c1-26-17-13-24-21(23-12-9-19-7-4-16-27-19)22-11-5-14-25-15-10-18-6-2-3-8-20(18)25;/h2-4,6-8,10,15-16H,5,9,11-14,17H2,1H3,(H2,22,23,24);1H. The van der Waals surface area contributed by atoms with Crippen LogP contribution < -0.4 is 10.6 Å². The molecule has 0 spiro atoms. The van der Waals surface area contributed by atoms with Gasteiger partial charge in [0, 0.05) is 51.4 Å². The molecule has 0 saturated carbocycles. The molecule has 0 amide bonds. The van der Waals surface area contributed by atoms with Gasteiger partial charge in [-0.25, -0.2) is 0 Å². The summed E-state index contributed by atoms with van der Waals surface area (Å²) in [5.41, 5.74) is 1.27. The van der Waals surface area contributed by atoms with Gasteiger partial charge >= 0.3 is 0 Å². The SMILES string of the molecule is COCCNC(=NCCCn1ccc2ccccc21)NCCc1ccco1.I. The molecule has 152 valence electrons. The molecule has 1 aromatic carbocycles. The molecule has 3 rings (SSSR count). The van der Waals surface area contributed by atoms with Gasteiger partial charge in [-0.15, -0.1) is 24.0 Å². The van der Waals surface area contributed by atoms with Crippen LogP contribution in [-0.2, 0) is 17.7 Å². The first kappa shape index (κ1) is 22.3. The molecule has 0 aliphatic rings. The minimum absolute atomic E-state index is 0. The van der Waals surface area contributed by atoms with Crippen molar-refractivity contribution in [3.63, 3.8) is 0 Å². The van der Waals surface area contributed by atoms with Crippen molar-refractivity contribution in [1.29, 1.82) is 0 Å². The van der Waals surface area contributed by atoms with Gasteiger partial charge in [0.15, 0.2) is 5.96 Å². The number of para-hydroxylation sites is 1. The fourth-order valence-electron chi connectivity index (χ4n) is 2.97. The van der Waals surface area contributed by atoms with E-state index in [9.17, 15) is 0 Å². The Morgan fingerprint density at radius 2 is 1.96 bits per heavy atom. The molecule has 0 radical (unpaired) electrons. The van der Waals surface area contributed by atoms with Crippen molar-refractivity contribution in [2.24, 2.45) is 4.99 Å². The van der Waals surface area contributed by atoms with Gasteiger partial charge in [-0.3, -0.25) is 4.99 Å². The van der Waals surface area contributed by atoms with E-state index in [0.29, 0.717) is 6.61 Å². The maximum absolute atomic E-state index is 5.37. The van der Waals surface area contributed by atoms with Crippen LogP contribution in [0.2, 0.25) is 0 Å². The van der Waals surface area contributed by atoms with Gasteiger partial charge in [-0.2, -0.15) is 0 Å². The molecule has 0 unspecified atom stereocenters. The van der Waals surface area contributed by atoms with Crippen molar-refractivity contribution in [3.05, 3.63) is 60.7 Å². The second-order valence-electron chi connectivity index (χ2n) is 6.33. The van der Waals surface area contributed by atoms with Crippen molar-refractivity contribution < 1.29 is 9.15 Å². The predicted octanol–water partition coefficient (Wildman–Crippen LogP) is 3.67. The number of hydrogen-bond donors (Lipinski definition) is 2. The largest absolute Gasteiger partial charge is 0.469 e. The molecule has 2 heterocycles. The number of aliphatic imine (C=N–C) groups is 1. The second kappa shape index (κ2) is 12.5. The Morgan fingerprint density at radius 3 is 2.79 bits per heavy atom. The van der Waals surface area contributed by atoms with E-state index in [4.69, 9.17) is 9.15 Å². The van der Waals surface area contributed by atoms with Gasteiger partial charge < -0.3 is 24.4 Å². The van der Waals surface area contributed by atoms with Crippen LogP contribution in [-0.4, -0.2) is 43.9 Å². The van der Waals surface area contributed by atoms with Crippen LogP contribution in [0.1, 0.15) is 12.2 Å². The lowest BCUT2D eigenvalue weighted by Crippen LogP contribution is -2.40. The van der Waals surface area contributed by atoms with E-state index in [1.165, 1.54) is 10.9 Å². The van der Waals surface area contributed by atoms with Crippen molar-refractivity contribution in [2.45, 2.75) is 19.4 Å². The Labute approximate surface area is 183 Å².